The van der Waals surface area contributed by atoms with Gasteiger partial charge < -0.3 is 4.74 Å². The molecule has 0 aliphatic rings. The summed E-state index contributed by atoms with van der Waals surface area (Å²) < 4.78 is 27.4. The van der Waals surface area contributed by atoms with Crippen LogP contribution in [0.15, 0.2) is 30.3 Å². The molecule has 0 heterocycles. The van der Waals surface area contributed by atoms with Crippen LogP contribution in [-0.4, -0.2) is 7.11 Å². The first kappa shape index (κ1) is 23.5. The maximum atomic E-state index is 7.50. The van der Waals surface area contributed by atoms with Crippen molar-refractivity contribution in [1.82, 2.24) is 0 Å². The second kappa shape index (κ2) is 29.3. The Labute approximate surface area is 99.5 Å². The molecule has 78 valence electrons. The van der Waals surface area contributed by atoms with E-state index >= 15 is 0 Å². The number of rotatable bonds is 1. The Kier molecular flexibility index (Phi) is 46.0. The van der Waals surface area contributed by atoms with Gasteiger partial charge in [-0.3, -0.25) is 0 Å². The van der Waals surface area contributed by atoms with Crippen molar-refractivity contribution >= 4 is 0 Å². The van der Waals surface area contributed by atoms with Crippen LogP contribution >= 0.6 is 0 Å². The third kappa shape index (κ3) is 19.3. The Morgan fingerprint density at radius 3 is 1.40 bits per heavy atom. The minimum atomic E-state index is 0. The van der Waals surface area contributed by atoms with E-state index in [2.05, 4.69) is 20.0 Å². The molecular formula is C10H8CrO4. The molecule has 0 aromatic heterocycles. The molecule has 5 heteroatoms. The number of methoxy groups -OCH3 is 1. The first-order valence-electron chi connectivity index (χ1n) is 3.14. The van der Waals surface area contributed by atoms with E-state index in [0.717, 1.165) is 5.75 Å². The average Bonchev–Trinajstić information content (AvgIpc) is 2.37. The van der Waals surface area contributed by atoms with Gasteiger partial charge in [-0.1, -0.05) is 18.2 Å². The summed E-state index contributed by atoms with van der Waals surface area (Å²) in [5, 5.41) is 0. The number of hydrogen-bond donors (Lipinski definition) is 0. The molecule has 1 aromatic rings. The maximum absolute atomic E-state index is 7.50. The summed E-state index contributed by atoms with van der Waals surface area (Å²) >= 11 is 0. The molecule has 15 heavy (non-hydrogen) atoms. The Morgan fingerprint density at radius 1 is 0.867 bits per heavy atom. The molecule has 1 aromatic carbocycles. The van der Waals surface area contributed by atoms with Crippen molar-refractivity contribution in [3.05, 3.63) is 50.3 Å². The number of ether oxygens (including phenoxy) is 1. The van der Waals surface area contributed by atoms with Gasteiger partial charge in [-0.15, -0.1) is 0 Å². The van der Waals surface area contributed by atoms with Crippen LogP contribution in [-0.2, 0) is 31.3 Å². The fourth-order valence-corrected chi connectivity index (χ4v) is 0.557. The van der Waals surface area contributed by atoms with E-state index in [1.165, 1.54) is 0 Å². The number of hydrogen-bond acceptors (Lipinski definition) is 1. The van der Waals surface area contributed by atoms with Crippen LogP contribution in [0.2, 0.25) is 0 Å². The summed E-state index contributed by atoms with van der Waals surface area (Å²) in [6, 6.07) is 9.68. The summed E-state index contributed by atoms with van der Waals surface area (Å²) in [7, 11) is 1.66. The zero-order valence-electron chi connectivity index (χ0n) is 7.93. The fraction of sp³-hybridized carbons (Fsp3) is 0.100. The predicted octanol–water partition coefficient (Wildman–Crippen LogP) is 1.58. The van der Waals surface area contributed by atoms with Crippen molar-refractivity contribution in [2.75, 3.05) is 7.11 Å². The second-order valence-corrected chi connectivity index (χ2v) is 1.52. The quantitative estimate of drug-likeness (QED) is 0.546. The van der Waals surface area contributed by atoms with E-state index in [0.29, 0.717) is 0 Å². The smallest absolute Gasteiger partial charge is 0 e. The molecule has 1 rings (SSSR count). The molecule has 0 fully saturated rings. The molecule has 0 aliphatic heterocycles. The Morgan fingerprint density at radius 2 is 1.20 bits per heavy atom. The maximum Gasteiger partial charge on any atom is 0 e. The van der Waals surface area contributed by atoms with Crippen molar-refractivity contribution in [3.8, 4) is 5.75 Å². The van der Waals surface area contributed by atoms with Gasteiger partial charge in [-0.2, -0.15) is 0 Å². The monoisotopic (exact) mass is 244 g/mol. The third-order valence-corrected chi connectivity index (χ3v) is 0.979. The van der Waals surface area contributed by atoms with Crippen molar-refractivity contribution in [2.45, 2.75) is 0 Å². The van der Waals surface area contributed by atoms with E-state index in [1.54, 1.807) is 7.11 Å². The van der Waals surface area contributed by atoms with E-state index in [1.807, 2.05) is 30.3 Å². The van der Waals surface area contributed by atoms with Crippen molar-refractivity contribution in [3.63, 3.8) is 0 Å². The molecule has 0 saturated carbocycles. The van der Waals surface area contributed by atoms with Gasteiger partial charge in [0.05, 0.1) is 7.11 Å². The summed E-state index contributed by atoms with van der Waals surface area (Å²) in [5.41, 5.74) is 0. The third-order valence-electron chi connectivity index (χ3n) is 0.979. The second-order valence-electron chi connectivity index (χ2n) is 1.52. The zero-order valence-corrected chi connectivity index (χ0v) is 9.20. The average molecular weight is 244 g/mol. The van der Waals surface area contributed by atoms with Gasteiger partial charge in [0.15, 0.2) is 0 Å². The molecule has 0 saturated heterocycles. The molecule has 0 atom stereocenters. The molecule has 0 radical (unpaired) electrons. The van der Waals surface area contributed by atoms with Gasteiger partial charge >= 0.3 is 33.9 Å². The van der Waals surface area contributed by atoms with Crippen LogP contribution in [0.5, 0.6) is 5.75 Å². The fourth-order valence-electron chi connectivity index (χ4n) is 0.557. The Balaban J connectivity index is -0.0000000755. The van der Waals surface area contributed by atoms with E-state index < -0.39 is 0 Å². The summed E-state index contributed by atoms with van der Waals surface area (Å²) in [6.07, 6.45) is 0. The van der Waals surface area contributed by atoms with Crippen molar-refractivity contribution in [1.29, 1.82) is 0 Å². The first-order chi connectivity index (χ1) is 6.93. The van der Waals surface area contributed by atoms with Gasteiger partial charge in [0.1, 0.15) is 5.75 Å². The molecule has 4 nitrogen and oxygen atoms in total. The standard InChI is InChI=1S/C7H8O.3CO.Cr/c1-8-7-5-3-2-4-6-7;3*1-2;/h2-6H,1H3;;;;. The van der Waals surface area contributed by atoms with Gasteiger partial charge in [0, 0.05) is 17.4 Å². The van der Waals surface area contributed by atoms with Gasteiger partial charge in [0.2, 0.25) is 0 Å². The number of benzene rings is 1. The molecule has 0 unspecified atom stereocenters. The minimum absolute atomic E-state index is 0. The summed E-state index contributed by atoms with van der Waals surface area (Å²) in [4.78, 5) is 0. The topological polar surface area (TPSA) is 68.9 Å². The van der Waals surface area contributed by atoms with Gasteiger partial charge in [0.25, 0.3) is 0 Å². The van der Waals surface area contributed by atoms with Gasteiger partial charge in [-0.25, -0.2) is 0 Å². The first-order valence-corrected chi connectivity index (χ1v) is 3.14. The van der Waals surface area contributed by atoms with Crippen molar-refractivity contribution in [2.24, 2.45) is 0 Å². The van der Waals surface area contributed by atoms with Crippen LogP contribution < -0.4 is 4.74 Å². The van der Waals surface area contributed by atoms with Crippen LogP contribution in [0.1, 0.15) is 0 Å². The van der Waals surface area contributed by atoms with Crippen molar-refractivity contribution < 1.29 is 36.1 Å². The van der Waals surface area contributed by atoms with E-state index in [-0.39, 0.29) is 17.4 Å². The summed E-state index contributed by atoms with van der Waals surface area (Å²) in [5.74, 6) is 0.910. The van der Waals surface area contributed by atoms with E-state index in [9.17, 15) is 0 Å². The predicted molar refractivity (Wildman–Crippen MR) is 44.8 cm³/mol. The molecule has 0 spiro atoms. The largest absolute Gasteiger partial charge is 0 e. The zero-order chi connectivity index (χ0) is 11.8. The number of para-hydroxylation sites is 1. The molecule has 0 amide bonds. The summed E-state index contributed by atoms with van der Waals surface area (Å²) in [6.45, 7) is 13.5. The van der Waals surface area contributed by atoms with Crippen LogP contribution in [0.4, 0.5) is 0 Å². The van der Waals surface area contributed by atoms with Gasteiger partial charge in [-0.05, 0) is 12.1 Å². The van der Waals surface area contributed by atoms with Crippen LogP contribution in [0, 0.1) is 20.0 Å². The Hall–Kier alpha value is -1.23. The molecule has 0 N–H and O–H groups in total. The van der Waals surface area contributed by atoms with Crippen LogP contribution in [0.25, 0.3) is 0 Å². The minimum Gasteiger partial charge on any atom is 0 e. The molecular weight excluding hydrogens is 236 g/mol. The SMILES string of the molecule is COc1ccccc1.[C-]#[O+].[C-]#[O+].[C-]#[O+].[Cr]. The molecule has 0 bridgehead atoms. The Bertz CT molecular complexity index is 239. The molecule has 0 aliphatic carbocycles. The van der Waals surface area contributed by atoms with E-state index in [4.69, 9.17) is 18.7 Å². The normalized spacial score (nSPS) is 5.00. The van der Waals surface area contributed by atoms with Crippen LogP contribution in [0.3, 0.4) is 0 Å².